The third-order valence-corrected chi connectivity index (χ3v) is 8.08. The first kappa shape index (κ1) is 23.8. The summed E-state index contributed by atoms with van der Waals surface area (Å²) in [5, 5.41) is 13.7. The number of urea groups is 1. The van der Waals surface area contributed by atoms with E-state index in [-0.39, 0.29) is 11.5 Å². The highest BCUT2D eigenvalue weighted by molar-refractivity contribution is 7.91. The van der Waals surface area contributed by atoms with Gasteiger partial charge in [-0.3, -0.25) is 14.5 Å². The van der Waals surface area contributed by atoms with Crippen molar-refractivity contribution < 1.29 is 22.8 Å². The number of tetrazole rings is 1. The van der Waals surface area contributed by atoms with E-state index >= 15 is 0 Å². The van der Waals surface area contributed by atoms with Gasteiger partial charge in [0.1, 0.15) is 18.4 Å². The summed E-state index contributed by atoms with van der Waals surface area (Å²) in [5.74, 6) is -1.06. The minimum atomic E-state index is -3.19. The average molecular weight is 490 g/mol. The summed E-state index contributed by atoms with van der Waals surface area (Å²) in [7, 11) is -3.19. The zero-order valence-corrected chi connectivity index (χ0v) is 19.9. The number of carbonyl (C=O) groups excluding carboxylic acids is 3. The Morgan fingerprint density at radius 2 is 2.12 bits per heavy atom. The first-order valence-corrected chi connectivity index (χ1v) is 12.9. The van der Waals surface area contributed by atoms with E-state index in [9.17, 15) is 22.8 Å². The lowest BCUT2D eigenvalue weighted by Crippen LogP contribution is -2.48. The number of aromatic nitrogens is 4. The molecule has 2 fully saturated rings. The maximum atomic E-state index is 13.4. The first-order chi connectivity index (χ1) is 16.1. The Labute approximate surface area is 197 Å². The number of benzene rings is 1. The second kappa shape index (κ2) is 9.12. The van der Waals surface area contributed by atoms with Crippen LogP contribution in [0.2, 0.25) is 0 Å². The topological polar surface area (TPSA) is 147 Å². The molecule has 4 rings (SSSR count). The molecule has 3 heterocycles. The molecule has 0 aliphatic carbocycles. The van der Waals surface area contributed by atoms with Gasteiger partial charge in [-0.15, -0.1) is 5.10 Å². The van der Waals surface area contributed by atoms with Gasteiger partial charge in [-0.2, -0.15) is 0 Å². The van der Waals surface area contributed by atoms with Crippen molar-refractivity contribution in [2.75, 3.05) is 24.6 Å². The van der Waals surface area contributed by atoms with Gasteiger partial charge in [0.05, 0.1) is 17.2 Å². The SMILES string of the molecule is CCCCN(C(=O)CN1C(=O)NC(C)(c2cccc(-n3cnnn3)c2)C1=O)C1CCS(=O)(=O)C1. The van der Waals surface area contributed by atoms with Crippen molar-refractivity contribution in [2.24, 2.45) is 0 Å². The molecule has 0 bridgehead atoms. The summed E-state index contributed by atoms with van der Waals surface area (Å²) < 4.78 is 25.4. The summed E-state index contributed by atoms with van der Waals surface area (Å²) in [5.41, 5.74) is -0.265. The first-order valence-electron chi connectivity index (χ1n) is 11.1. The number of nitrogens with zero attached hydrogens (tertiary/aromatic N) is 6. The van der Waals surface area contributed by atoms with E-state index in [4.69, 9.17) is 0 Å². The Balaban J connectivity index is 1.54. The average Bonchev–Trinajstić information content (AvgIpc) is 3.51. The molecule has 2 aliphatic rings. The lowest BCUT2D eigenvalue weighted by molar-refractivity contribution is -0.140. The second-order valence-corrected chi connectivity index (χ2v) is 11.0. The molecule has 4 amide bonds. The highest BCUT2D eigenvalue weighted by Gasteiger charge is 2.50. The smallest absolute Gasteiger partial charge is 0.325 e. The van der Waals surface area contributed by atoms with Gasteiger partial charge >= 0.3 is 6.03 Å². The molecule has 1 aromatic heterocycles. The molecule has 13 heteroatoms. The van der Waals surface area contributed by atoms with Crippen LogP contribution in [-0.2, 0) is 25.0 Å². The van der Waals surface area contributed by atoms with Gasteiger partial charge in [0, 0.05) is 12.6 Å². The molecule has 182 valence electrons. The number of sulfone groups is 1. The predicted octanol–water partition coefficient (Wildman–Crippen LogP) is 0.245. The third kappa shape index (κ3) is 4.52. The van der Waals surface area contributed by atoms with Gasteiger partial charge in [0.25, 0.3) is 5.91 Å². The number of rotatable bonds is 8. The number of hydrogen-bond acceptors (Lipinski definition) is 8. The molecular weight excluding hydrogens is 462 g/mol. The summed E-state index contributed by atoms with van der Waals surface area (Å²) >= 11 is 0. The number of nitrogens with one attached hydrogen (secondary N) is 1. The molecule has 2 atom stereocenters. The van der Waals surface area contributed by atoms with Crippen LogP contribution in [0.4, 0.5) is 4.79 Å². The van der Waals surface area contributed by atoms with Crippen molar-refractivity contribution in [1.29, 1.82) is 0 Å². The minimum Gasteiger partial charge on any atom is -0.337 e. The van der Waals surface area contributed by atoms with E-state index in [0.29, 0.717) is 30.6 Å². The summed E-state index contributed by atoms with van der Waals surface area (Å²) in [6.07, 6.45) is 3.29. The fourth-order valence-corrected chi connectivity index (χ4v) is 6.09. The van der Waals surface area contributed by atoms with Gasteiger partial charge in [0.2, 0.25) is 5.91 Å². The molecule has 2 unspecified atom stereocenters. The van der Waals surface area contributed by atoms with E-state index in [1.54, 1.807) is 31.2 Å². The van der Waals surface area contributed by atoms with Crippen molar-refractivity contribution in [2.45, 2.75) is 44.7 Å². The van der Waals surface area contributed by atoms with Crippen LogP contribution in [-0.4, -0.2) is 86.9 Å². The van der Waals surface area contributed by atoms with E-state index in [0.717, 1.165) is 11.3 Å². The third-order valence-electron chi connectivity index (χ3n) is 6.33. The zero-order chi connectivity index (χ0) is 24.5. The molecular formula is C21H27N7O5S. The van der Waals surface area contributed by atoms with Gasteiger partial charge in [-0.1, -0.05) is 25.5 Å². The van der Waals surface area contributed by atoms with Crippen molar-refractivity contribution in [3.05, 3.63) is 36.2 Å². The Morgan fingerprint density at radius 1 is 1.32 bits per heavy atom. The summed E-state index contributed by atoms with van der Waals surface area (Å²) in [4.78, 5) is 41.7. The highest BCUT2D eigenvalue weighted by Crippen LogP contribution is 2.30. The lowest BCUT2D eigenvalue weighted by Gasteiger charge is -2.30. The van der Waals surface area contributed by atoms with Gasteiger partial charge in [0.15, 0.2) is 9.84 Å². The maximum absolute atomic E-state index is 13.4. The van der Waals surface area contributed by atoms with Gasteiger partial charge in [-0.25, -0.2) is 17.9 Å². The normalized spacial score (nSPS) is 23.8. The van der Waals surface area contributed by atoms with Crippen molar-refractivity contribution in [1.82, 2.24) is 35.3 Å². The Morgan fingerprint density at radius 3 is 2.76 bits per heavy atom. The number of hydrogen-bond donors (Lipinski definition) is 1. The number of amides is 4. The summed E-state index contributed by atoms with van der Waals surface area (Å²) in [6.45, 7) is 3.48. The minimum absolute atomic E-state index is 0.0341. The van der Waals surface area contributed by atoms with E-state index < -0.39 is 45.8 Å². The molecule has 0 radical (unpaired) electrons. The number of imide groups is 1. The molecule has 34 heavy (non-hydrogen) atoms. The van der Waals surface area contributed by atoms with Crippen LogP contribution in [0.3, 0.4) is 0 Å². The molecule has 1 N–H and O–H groups in total. The van der Waals surface area contributed by atoms with Crippen molar-refractivity contribution in [3.63, 3.8) is 0 Å². The van der Waals surface area contributed by atoms with Gasteiger partial charge < -0.3 is 10.2 Å². The van der Waals surface area contributed by atoms with Crippen molar-refractivity contribution in [3.8, 4) is 5.69 Å². The standard InChI is InChI=1S/C21H27N7O5S/c1-3-4-9-26(17-8-10-34(32,33)13-17)18(29)12-27-19(30)21(2,23-20(27)31)15-6-5-7-16(11-15)28-14-22-24-25-28/h5-7,11,14,17H,3-4,8-10,12-13H2,1-2H3,(H,23,31). The fourth-order valence-electron chi connectivity index (χ4n) is 4.36. The molecule has 0 spiro atoms. The fraction of sp³-hybridized carbons (Fsp3) is 0.524. The second-order valence-electron chi connectivity index (χ2n) is 8.75. The Kier molecular flexibility index (Phi) is 6.39. The molecule has 2 aliphatic heterocycles. The van der Waals surface area contributed by atoms with Crippen LogP contribution in [0.15, 0.2) is 30.6 Å². The molecule has 12 nitrogen and oxygen atoms in total. The van der Waals surface area contributed by atoms with Crippen LogP contribution >= 0.6 is 0 Å². The Bertz CT molecular complexity index is 1200. The predicted molar refractivity (Wildman–Crippen MR) is 120 cm³/mol. The summed E-state index contributed by atoms with van der Waals surface area (Å²) in [6, 6.07) is 5.75. The largest absolute Gasteiger partial charge is 0.337 e. The van der Waals surface area contributed by atoms with E-state index in [1.807, 2.05) is 6.92 Å². The van der Waals surface area contributed by atoms with E-state index in [1.165, 1.54) is 15.9 Å². The molecule has 2 saturated heterocycles. The maximum Gasteiger partial charge on any atom is 0.325 e. The molecule has 2 aromatic rings. The monoisotopic (exact) mass is 489 g/mol. The molecule has 0 saturated carbocycles. The van der Waals surface area contributed by atoms with Crippen LogP contribution in [0, 0.1) is 0 Å². The Hall–Kier alpha value is -3.35. The van der Waals surface area contributed by atoms with Crippen molar-refractivity contribution >= 4 is 27.7 Å². The number of unbranched alkanes of at least 4 members (excludes halogenated alkanes) is 1. The lowest BCUT2D eigenvalue weighted by atomic mass is 9.91. The van der Waals surface area contributed by atoms with Crippen LogP contribution in [0.1, 0.15) is 38.7 Å². The van der Waals surface area contributed by atoms with Crippen LogP contribution in [0.25, 0.3) is 5.69 Å². The zero-order valence-electron chi connectivity index (χ0n) is 19.0. The number of carbonyl (C=O) groups is 3. The van der Waals surface area contributed by atoms with Gasteiger partial charge in [-0.05, 0) is 47.9 Å². The quantitative estimate of drug-likeness (QED) is 0.519. The van der Waals surface area contributed by atoms with Crippen LogP contribution in [0.5, 0.6) is 0 Å². The highest BCUT2D eigenvalue weighted by atomic mass is 32.2. The van der Waals surface area contributed by atoms with E-state index in [2.05, 4.69) is 20.8 Å². The molecule has 1 aromatic carbocycles. The van der Waals surface area contributed by atoms with Crippen LogP contribution < -0.4 is 5.32 Å².